The van der Waals surface area contributed by atoms with Crippen LogP contribution in [0.4, 0.5) is 0 Å². The van der Waals surface area contributed by atoms with Crippen molar-refractivity contribution in [3.63, 3.8) is 0 Å². The number of nitrogens with zero attached hydrogens (tertiary/aromatic N) is 3. The highest BCUT2D eigenvalue weighted by molar-refractivity contribution is 6.31. The highest BCUT2D eigenvalue weighted by Gasteiger charge is 2.07. The lowest BCUT2D eigenvalue weighted by Gasteiger charge is -2.05. The molecule has 0 atom stereocenters. The fourth-order valence-corrected chi connectivity index (χ4v) is 1.65. The average molecular weight is 252 g/mol. The van der Waals surface area contributed by atoms with Gasteiger partial charge in [-0.15, -0.1) is 0 Å². The molecule has 0 amide bonds. The van der Waals surface area contributed by atoms with Crippen molar-refractivity contribution in [2.45, 2.75) is 26.4 Å². The van der Waals surface area contributed by atoms with Crippen molar-refractivity contribution in [2.75, 3.05) is 0 Å². The summed E-state index contributed by atoms with van der Waals surface area (Å²) in [6, 6.07) is 3.69. The quantitative estimate of drug-likeness (QED) is 0.912. The van der Waals surface area contributed by atoms with Crippen LogP contribution in [0.5, 0.6) is 0 Å². The van der Waals surface area contributed by atoms with Crippen LogP contribution in [-0.2, 0) is 6.61 Å². The Labute approximate surface area is 105 Å². The Hall–Kier alpha value is -1.39. The zero-order valence-corrected chi connectivity index (χ0v) is 10.5. The van der Waals surface area contributed by atoms with Crippen molar-refractivity contribution < 1.29 is 5.11 Å². The van der Waals surface area contributed by atoms with Gasteiger partial charge in [0.1, 0.15) is 0 Å². The standard InChI is InChI=1S/C12H14ClN3O/c1-8(2)11-3-4-16(15-11)12-5-9(7-17)10(13)6-14-12/h3-6,8,17H,7H2,1-2H3. The van der Waals surface area contributed by atoms with E-state index in [1.54, 1.807) is 10.7 Å². The molecule has 0 bridgehead atoms. The van der Waals surface area contributed by atoms with Crippen molar-refractivity contribution in [3.05, 3.63) is 40.8 Å². The number of aliphatic hydroxyl groups is 1. The summed E-state index contributed by atoms with van der Waals surface area (Å²) in [7, 11) is 0. The smallest absolute Gasteiger partial charge is 0.153 e. The molecule has 4 nitrogen and oxygen atoms in total. The monoisotopic (exact) mass is 251 g/mol. The van der Waals surface area contributed by atoms with Crippen LogP contribution in [0.3, 0.4) is 0 Å². The first kappa shape index (κ1) is 12.1. The van der Waals surface area contributed by atoms with E-state index in [2.05, 4.69) is 23.9 Å². The lowest BCUT2D eigenvalue weighted by molar-refractivity contribution is 0.281. The summed E-state index contributed by atoms with van der Waals surface area (Å²) in [5.41, 5.74) is 1.66. The molecule has 0 spiro atoms. The first-order chi connectivity index (χ1) is 8.11. The first-order valence-corrected chi connectivity index (χ1v) is 5.81. The van der Waals surface area contributed by atoms with Crippen molar-refractivity contribution in [3.8, 4) is 5.82 Å². The summed E-state index contributed by atoms with van der Waals surface area (Å²) in [5, 5.41) is 14.0. The number of rotatable bonds is 3. The fraction of sp³-hybridized carbons (Fsp3) is 0.333. The van der Waals surface area contributed by atoms with Gasteiger partial charge in [-0.3, -0.25) is 0 Å². The van der Waals surface area contributed by atoms with Gasteiger partial charge < -0.3 is 5.11 Å². The molecule has 2 aromatic heterocycles. The molecule has 0 radical (unpaired) electrons. The molecule has 0 aliphatic carbocycles. The second kappa shape index (κ2) is 4.85. The van der Waals surface area contributed by atoms with Gasteiger partial charge in [0.05, 0.1) is 17.3 Å². The van der Waals surface area contributed by atoms with Crippen LogP contribution in [0.2, 0.25) is 5.02 Å². The van der Waals surface area contributed by atoms with Gasteiger partial charge in [-0.05, 0) is 18.1 Å². The van der Waals surface area contributed by atoms with E-state index in [9.17, 15) is 0 Å². The van der Waals surface area contributed by atoms with Gasteiger partial charge in [-0.25, -0.2) is 9.67 Å². The second-order valence-electron chi connectivity index (χ2n) is 4.13. The fourth-order valence-electron chi connectivity index (χ4n) is 1.49. The Kier molecular flexibility index (Phi) is 3.45. The first-order valence-electron chi connectivity index (χ1n) is 5.43. The van der Waals surface area contributed by atoms with Gasteiger partial charge in [0.25, 0.3) is 0 Å². The van der Waals surface area contributed by atoms with Gasteiger partial charge in [-0.1, -0.05) is 25.4 Å². The van der Waals surface area contributed by atoms with Crippen molar-refractivity contribution in [1.29, 1.82) is 0 Å². The third kappa shape index (κ3) is 2.48. The molecular weight excluding hydrogens is 238 g/mol. The van der Waals surface area contributed by atoms with Crippen molar-refractivity contribution >= 4 is 11.6 Å². The van der Waals surface area contributed by atoms with E-state index in [1.807, 2.05) is 12.3 Å². The number of hydrogen-bond acceptors (Lipinski definition) is 3. The van der Waals surface area contributed by atoms with Crippen LogP contribution >= 0.6 is 11.6 Å². The van der Waals surface area contributed by atoms with Crippen LogP contribution in [-0.4, -0.2) is 19.9 Å². The molecule has 2 heterocycles. The topological polar surface area (TPSA) is 50.9 Å². The van der Waals surface area contributed by atoms with Crippen molar-refractivity contribution in [2.24, 2.45) is 0 Å². The normalized spacial score (nSPS) is 11.1. The Morgan fingerprint density at radius 1 is 1.47 bits per heavy atom. The molecular formula is C12H14ClN3O. The zero-order chi connectivity index (χ0) is 12.4. The number of halogens is 1. The number of hydrogen-bond donors (Lipinski definition) is 1. The molecule has 5 heteroatoms. The molecule has 17 heavy (non-hydrogen) atoms. The molecule has 2 aromatic rings. The number of pyridine rings is 1. The molecule has 0 aromatic carbocycles. The van der Waals surface area contributed by atoms with E-state index in [-0.39, 0.29) is 6.61 Å². The Morgan fingerprint density at radius 2 is 2.24 bits per heavy atom. The van der Waals surface area contributed by atoms with Crippen LogP contribution < -0.4 is 0 Å². The Bertz CT molecular complexity index is 522. The van der Waals surface area contributed by atoms with Crippen LogP contribution in [0.25, 0.3) is 5.82 Å². The minimum Gasteiger partial charge on any atom is -0.392 e. The van der Waals surface area contributed by atoms with E-state index < -0.39 is 0 Å². The maximum atomic E-state index is 9.14. The maximum absolute atomic E-state index is 9.14. The van der Waals surface area contributed by atoms with Gasteiger partial charge >= 0.3 is 0 Å². The summed E-state index contributed by atoms with van der Waals surface area (Å²) in [5.74, 6) is 1.03. The highest BCUT2D eigenvalue weighted by atomic mass is 35.5. The van der Waals surface area contributed by atoms with Crippen LogP contribution in [0.1, 0.15) is 31.0 Å². The van der Waals surface area contributed by atoms with E-state index in [1.165, 1.54) is 6.20 Å². The SMILES string of the molecule is CC(C)c1ccn(-c2cc(CO)c(Cl)cn2)n1. The predicted molar refractivity (Wildman–Crippen MR) is 66.4 cm³/mol. The molecule has 0 unspecified atom stereocenters. The summed E-state index contributed by atoms with van der Waals surface area (Å²) in [4.78, 5) is 4.19. The number of aliphatic hydroxyl groups excluding tert-OH is 1. The Balaban J connectivity index is 2.38. The van der Waals surface area contributed by atoms with Crippen LogP contribution in [0.15, 0.2) is 24.5 Å². The summed E-state index contributed by atoms with van der Waals surface area (Å²) >= 11 is 5.89. The van der Waals surface area contributed by atoms with Gasteiger partial charge in [0.15, 0.2) is 5.82 Å². The molecule has 0 fully saturated rings. The van der Waals surface area contributed by atoms with Gasteiger partial charge in [0.2, 0.25) is 0 Å². The average Bonchev–Trinajstić information content (AvgIpc) is 2.79. The zero-order valence-electron chi connectivity index (χ0n) is 9.76. The largest absolute Gasteiger partial charge is 0.392 e. The lowest BCUT2D eigenvalue weighted by Crippen LogP contribution is -2.01. The van der Waals surface area contributed by atoms with Crippen molar-refractivity contribution in [1.82, 2.24) is 14.8 Å². The van der Waals surface area contributed by atoms with Gasteiger partial charge in [0, 0.05) is 18.0 Å². The number of aromatic nitrogens is 3. The third-order valence-electron chi connectivity index (χ3n) is 2.53. The lowest BCUT2D eigenvalue weighted by atomic mass is 10.1. The molecule has 0 saturated carbocycles. The molecule has 0 aliphatic heterocycles. The van der Waals surface area contributed by atoms with E-state index in [4.69, 9.17) is 16.7 Å². The maximum Gasteiger partial charge on any atom is 0.153 e. The predicted octanol–water partition coefficient (Wildman–Crippen LogP) is 2.54. The molecule has 1 N–H and O–H groups in total. The van der Waals surface area contributed by atoms with Crippen LogP contribution in [0, 0.1) is 0 Å². The third-order valence-corrected chi connectivity index (χ3v) is 2.87. The van der Waals surface area contributed by atoms with E-state index in [0.29, 0.717) is 22.3 Å². The minimum atomic E-state index is -0.105. The molecule has 0 saturated heterocycles. The van der Waals surface area contributed by atoms with E-state index in [0.717, 1.165) is 5.69 Å². The second-order valence-corrected chi connectivity index (χ2v) is 4.54. The van der Waals surface area contributed by atoms with Gasteiger partial charge in [-0.2, -0.15) is 5.10 Å². The summed E-state index contributed by atoms with van der Waals surface area (Å²) < 4.78 is 1.69. The highest BCUT2D eigenvalue weighted by Crippen LogP contribution is 2.18. The summed E-state index contributed by atoms with van der Waals surface area (Å²) in [6.45, 7) is 4.06. The molecule has 90 valence electrons. The molecule has 2 rings (SSSR count). The molecule has 0 aliphatic rings. The van der Waals surface area contributed by atoms with E-state index >= 15 is 0 Å². The summed E-state index contributed by atoms with van der Waals surface area (Å²) in [6.07, 6.45) is 3.38. The Morgan fingerprint density at radius 3 is 2.82 bits per heavy atom. The minimum absolute atomic E-state index is 0.105.